The molecule has 2 aromatic carbocycles. The minimum absolute atomic E-state index is 0.147. The van der Waals surface area contributed by atoms with E-state index in [1.807, 2.05) is 0 Å². The smallest absolute Gasteiger partial charge is 0.168 e. The number of ether oxygens (including phenoxy) is 1. The average Bonchev–Trinajstić information content (AvgIpc) is 2.78. The van der Waals surface area contributed by atoms with Crippen molar-refractivity contribution >= 4 is 0 Å². The lowest BCUT2D eigenvalue weighted by molar-refractivity contribution is 0.0380. The zero-order valence-corrected chi connectivity index (χ0v) is 11.7. The number of aryl methyl sites for hydroxylation is 1. The highest BCUT2D eigenvalue weighted by molar-refractivity contribution is 5.40. The molecule has 0 aliphatic heterocycles. The molecule has 0 fully saturated rings. The van der Waals surface area contributed by atoms with Crippen molar-refractivity contribution in [1.29, 1.82) is 0 Å². The maximum absolute atomic E-state index is 14.2. The normalized spacial score (nSPS) is 20.4. The van der Waals surface area contributed by atoms with Crippen molar-refractivity contribution in [3.63, 3.8) is 0 Å². The predicted octanol–water partition coefficient (Wildman–Crippen LogP) is 3.35. The Morgan fingerprint density at radius 3 is 2.81 bits per heavy atom. The molecule has 21 heavy (non-hydrogen) atoms. The van der Waals surface area contributed by atoms with Crippen molar-refractivity contribution in [1.82, 2.24) is 0 Å². The summed E-state index contributed by atoms with van der Waals surface area (Å²) >= 11 is 0. The van der Waals surface area contributed by atoms with Gasteiger partial charge in [-0.25, -0.2) is 8.78 Å². The minimum Gasteiger partial charge on any atom is -0.494 e. The van der Waals surface area contributed by atoms with Gasteiger partial charge in [0.05, 0.1) is 12.7 Å². The van der Waals surface area contributed by atoms with Crippen LogP contribution in [0.5, 0.6) is 5.75 Å². The molecule has 1 N–H and O–H groups in total. The summed E-state index contributed by atoms with van der Waals surface area (Å²) < 4.78 is 32.4. The van der Waals surface area contributed by atoms with E-state index in [2.05, 4.69) is 0 Å². The highest BCUT2D eigenvalue weighted by Gasteiger charge is 2.37. The summed E-state index contributed by atoms with van der Waals surface area (Å²) in [5.41, 5.74) is 0.719. The Bertz CT molecular complexity index is 684. The van der Waals surface area contributed by atoms with E-state index in [4.69, 9.17) is 4.74 Å². The summed E-state index contributed by atoms with van der Waals surface area (Å²) in [6, 6.07) is 9.24. The Morgan fingerprint density at radius 1 is 1.24 bits per heavy atom. The average molecular weight is 290 g/mol. The molecule has 0 amide bonds. The zero-order valence-electron chi connectivity index (χ0n) is 11.7. The van der Waals surface area contributed by atoms with Crippen LogP contribution in [0.25, 0.3) is 0 Å². The van der Waals surface area contributed by atoms with Crippen molar-refractivity contribution in [2.45, 2.75) is 24.9 Å². The summed E-state index contributed by atoms with van der Waals surface area (Å²) in [4.78, 5) is 0. The van der Waals surface area contributed by atoms with E-state index < -0.39 is 11.4 Å². The Morgan fingerprint density at radius 2 is 2.05 bits per heavy atom. The third-order valence-electron chi connectivity index (χ3n) is 4.12. The second kappa shape index (κ2) is 5.11. The summed E-state index contributed by atoms with van der Waals surface area (Å²) in [6.45, 7) is 0. The lowest BCUT2D eigenvalue weighted by Gasteiger charge is -2.24. The molecule has 4 heteroatoms. The lowest BCUT2D eigenvalue weighted by Crippen LogP contribution is -2.26. The number of methoxy groups -OCH3 is 1. The molecule has 3 rings (SSSR count). The molecule has 0 saturated heterocycles. The third-order valence-corrected chi connectivity index (χ3v) is 4.12. The molecule has 0 saturated carbocycles. The summed E-state index contributed by atoms with van der Waals surface area (Å²) in [5.74, 6) is -0.608. The van der Waals surface area contributed by atoms with E-state index in [0.717, 1.165) is 5.56 Å². The summed E-state index contributed by atoms with van der Waals surface area (Å²) in [7, 11) is 1.41. The van der Waals surface area contributed by atoms with Gasteiger partial charge in [0.25, 0.3) is 0 Å². The van der Waals surface area contributed by atoms with Crippen molar-refractivity contribution in [2.75, 3.05) is 7.11 Å². The summed E-state index contributed by atoms with van der Waals surface area (Å²) in [6.07, 6.45) is 1.20. The monoisotopic (exact) mass is 290 g/mol. The predicted molar refractivity (Wildman–Crippen MR) is 75.3 cm³/mol. The molecule has 1 aliphatic carbocycles. The molecule has 0 aromatic heterocycles. The van der Waals surface area contributed by atoms with E-state index in [1.165, 1.54) is 19.2 Å². The molecular weight excluding hydrogens is 274 g/mol. The minimum atomic E-state index is -1.16. The quantitative estimate of drug-likeness (QED) is 0.939. The molecule has 0 bridgehead atoms. The second-order valence-corrected chi connectivity index (χ2v) is 5.44. The van der Waals surface area contributed by atoms with Gasteiger partial charge in [0.15, 0.2) is 11.6 Å². The van der Waals surface area contributed by atoms with Crippen LogP contribution in [0.15, 0.2) is 36.4 Å². The topological polar surface area (TPSA) is 29.5 Å². The zero-order chi connectivity index (χ0) is 15.0. The number of benzene rings is 2. The number of halogens is 2. The van der Waals surface area contributed by atoms with Crippen LogP contribution in [0, 0.1) is 11.6 Å². The SMILES string of the molecule is COc1cccc(CC2(O)CCc3cc(F)ccc32)c1F. The Hall–Kier alpha value is -1.94. The number of fused-ring (bicyclic) bond motifs is 1. The highest BCUT2D eigenvalue weighted by atomic mass is 19.1. The maximum Gasteiger partial charge on any atom is 0.168 e. The van der Waals surface area contributed by atoms with Gasteiger partial charge in [-0.05, 0) is 47.7 Å². The Kier molecular flexibility index (Phi) is 3.41. The first-order valence-corrected chi connectivity index (χ1v) is 6.86. The van der Waals surface area contributed by atoms with Gasteiger partial charge >= 0.3 is 0 Å². The van der Waals surface area contributed by atoms with E-state index in [9.17, 15) is 13.9 Å². The van der Waals surface area contributed by atoms with Crippen LogP contribution in [0.3, 0.4) is 0 Å². The molecular formula is C17H16F2O2. The lowest BCUT2D eigenvalue weighted by atomic mass is 9.88. The molecule has 0 spiro atoms. The van der Waals surface area contributed by atoms with Crippen LogP contribution in [-0.4, -0.2) is 12.2 Å². The Labute approximate surface area is 122 Å². The summed E-state index contributed by atoms with van der Waals surface area (Å²) in [5, 5.41) is 10.8. The van der Waals surface area contributed by atoms with Crippen LogP contribution in [0.4, 0.5) is 8.78 Å². The molecule has 1 atom stereocenters. The largest absolute Gasteiger partial charge is 0.494 e. The van der Waals surface area contributed by atoms with Crippen LogP contribution >= 0.6 is 0 Å². The van der Waals surface area contributed by atoms with Gasteiger partial charge in [0.2, 0.25) is 0 Å². The van der Waals surface area contributed by atoms with E-state index in [1.54, 1.807) is 24.3 Å². The first-order valence-electron chi connectivity index (χ1n) is 6.86. The van der Waals surface area contributed by atoms with Gasteiger partial charge in [-0.1, -0.05) is 18.2 Å². The molecule has 1 unspecified atom stereocenters. The number of rotatable bonds is 3. The van der Waals surface area contributed by atoms with Crippen LogP contribution < -0.4 is 4.74 Å². The molecule has 2 aromatic rings. The van der Waals surface area contributed by atoms with Crippen LogP contribution in [0.2, 0.25) is 0 Å². The first-order chi connectivity index (χ1) is 10.0. The fourth-order valence-corrected chi connectivity index (χ4v) is 3.05. The standard InChI is InChI=1S/C17H16F2O2/c1-21-15-4-2-3-12(16(15)19)10-17(20)8-7-11-9-13(18)5-6-14(11)17/h2-6,9,20H,7-8,10H2,1H3. The third kappa shape index (κ3) is 2.40. The second-order valence-electron chi connectivity index (χ2n) is 5.44. The van der Waals surface area contributed by atoms with Gasteiger partial charge in [-0.3, -0.25) is 0 Å². The van der Waals surface area contributed by atoms with Gasteiger partial charge < -0.3 is 9.84 Å². The first kappa shape index (κ1) is 14.0. The molecule has 0 heterocycles. The maximum atomic E-state index is 14.2. The number of aliphatic hydroxyl groups is 1. The molecule has 0 radical (unpaired) electrons. The van der Waals surface area contributed by atoms with E-state index in [0.29, 0.717) is 24.0 Å². The van der Waals surface area contributed by atoms with Gasteiger partial charge in [0, 0.05) is 6.42 Å². The molecule has 1 aliphatic rings. The number of hydrogen-bond acceptors (Lipinski definition) is 2. The molecule has 110 valence electrons. The highest BCUT2D eigenvalue weighted by Crippen LogP contribution is 2.40. The van der Waals surface area contributed by atoms with Crippen molar-refractivity contribution in [3.8, 4) is 5.75 Å². The fraction of sp³-hybridized carbons (Fsp3) is 0.294. The number of hydrogen-bond donors (Lipinski definition) is 1. The van der Waals surface area contributed by atoms with E-state index >= 15 is 0 Å². The fourth-order valence-electron chi connectivity index (χ4n) is 3.05. The van der Waals surface area contributed by atoms with Crippen molar-refractivity contribution < 1.29 is 18.6 Å². The van der Waals surface area contributed by atoms with Gasteiger partial charge in [0.1, 0.15) is 5.82 Å². The van der Waals surface area contributed by atoms with Crippen molar-refractivity contribution in [3.05, 3.63) is 64.7 Å². The van der Waals surface area contributed by atoms with Crippen LogP contribution in [0.1, 0.15) is 23.1 Å². The Balaban J connectivity index is 1.96. The van der Waals surface area contributed by atoms with Gasteiger partial charge in [-0.15, -0.1) is 0 Å². The van der Waals surface area contributed by atoms with Gasteiger partial charge in [-0.2, -0.15) is 0 Å². The van der Waals surface area contributed by atoms with Crippen LogP contribution in [-0.2, 0) is 18.4 Å². The van der Waals surface area contributed by atoms with Crippen molar-refractivity contribution in [2.24, 2.45) is 0 Å². The molecule has 2 nitrogen and oxygen atoms in total. The van der Waals surface area contributed by atoms with E-state index in [-0.39, 0.29) is 18.0 Å².